The van der Waals surface area contributed by atoms with E-state index in [1.807, 2.05) is 36.4 Å². The third-order valence-electron chi connectivity index (χ3n) is 3.72. The van der Waals surface area contributed by atoms with Gasteiger partial charge in [0.2, 0.25) is 0 Å². The first-order valence-corrected chi connectivity index (χ1v) is 7.65. The van der Waals surface area contributed by atoms with Crippen LogP contribution < -0.4 is 10.1 Å². The third kappa shape index (κ3) is 4.31. The molecule has 0 radical (unpaired) electrons. The van der Waals surface area contributed by atoms with Gasteiger partial charge in [0.15, 0.2) is 0 Å². The van der Waals surface area contributed by atoms with Crippen LogP contribution in [0.2, 0.25) is 0 Å². The second-order valence-electron chi connectivity index (χ2n) is 5.44. The van der Waals surface area contributed by atoms with Crippen molar-refractivity contribution < 1.29 is 4.74 Å². The number of nitrogens with one attached hydrogen (secondary N) is 1. The number of ether oxygens (including phenoxy) is 1. The molecule has 0 bridgehead atoms. The van der Waals surface area contributed by atoms with Crippen LogP contribution in [0.15, 0.2) is 54.6 Å². The summed E-state index contributed by atoms with van der Waals surface area (Å²) in [6.07, 6.45) is 1.22. The van der Waals surface area contributed by atoms with Crippen molar-refractivity contribution in [3.8, 4) is 11.5 Å². The normalized spacial score (nSPS) is 16.4. The van der Waals surface area contributed by atoms with Gasteiger partial charge in [0, 0.05) is 19.6 Å². The maximum atomic E-state index is 5.90. The van der Waals surface area contributed by atoms with Crippen LogP contribution in [0.5, 0.6) is 11.5 Å². The lowest BCUT2D eigenvalue weighted by molar-refractivity contribution is 0.284. The molecular weight excluding hydrogens is 260 g/mol. The Morgan fingerprint density at radius 3 is 2.67 bits per heavy atom. The van der Waals surface area contributed by atoms with Crippen molar-refractivity contribution in [1.82, 2.24) is 10.2 Å². The summed E-state index contributed by atoms with van der Waals surface area (Å²) in [5.74, 6) is 1.79. The summed E-state index contributed by atoms with van der Waals surface area (Å²) in [6.45, 7) is 5.49. The van der Waals surface area contributed by atoms with E-state index in [0.717, 1.165) is 44.2 Å². The topological polar surface area (TPSA) is 24.5 Å². The van der Waals surface area contributed by atoms with E-state index in [0.29, 0.717) is 0 Å². The van der Waals surface area contributed by atoms with Crippen LogP contribution >= 0.6 is 0 Å². The van der Waals surface area contributed by atoms with Gasteiger partial charge in [-0.1, -0.05) is 30.3 Å². The number of para-hydroxylation sites is 1. The van der Waals surface area contributed by atoms with E-state index in [9.17, 15) is 0 Å². The molecule has 0 aromatic heterocycles. The van der Waals surface area contributed by atoms with E-state index in [2.05, 4.69) is 28.4 Å². The summed E-state index contributed by atoms with van der Waals surface area (Å²) >= 11 is 0. The largest absolute Gasteiger partial charge is 0.457 e. The van der Waals surface area contributed by atoms with Gasteiger partial charge in [0.05, 0.1) is 0 Å². The molecule has 3 heteroatoms. The van der Waals surface area contributed by atoms with Crippen LogP contribution in [0.1, 0.15) is 12.0 Å². The Morgan fingerprint density at radius 1 is 0.905 bits per heavy atom. The van der Waals surface area contributed by atoms with Crippen molar-refractivity contribution in [3.05, 3.63) is 60.2 Å². The SMILES string of the molecule is c1ccc(Oc2cccc(CN3CCCNCC3)c2)cc1. The molecule has 110 valence electrons. The summed E-state index contributed by atoms with van der Waals surface area (Å²) in [5, 5.41) is 3.44. The molecule has 1 heterocycles. The van der Waals surface area contributed by atoms with Gasteiger partial charge in [0.1, 0.15) is 11.5 Å². The second-order valence-corrected chi connectivity index (χ2v) is 5.44. The van der Waals surface area contributed by atoms with Crippen molar-refractivity contribution in [2.75, 3.05) is 26.2 Å². The summed E-state index contributed by atoms with van der Waals surface area (Å²) in [6, 6.07) is 18.3. The van der Waals surface area contributed by atoms with Gasteiger partial charge in [-0.3, -0.25) is 4.90 Å². The maximum Gasteiger partial charge on any atom is 0.127 e. The molecule has 2 aromatic rings. The quantitative estimate of drug-likeness (QED) is 0.931. The van der Waals surface area contributed by atoms with Crippen molar-refractivity contribution in [1.29, 1.82) is 0 Å². The summed E-state index contributed by atoms with van der Waals surface area (Å²) in [5.41, 5.74) is 1.31. The predicted molar refractivity (Wildman–Crippen MR) is 85.7 cm³/mol. The molecule has 1 N–H and O–H groups in total. The average Bonchev–Trinajstić information content (AvgIpc) is 2.77. The molecule has 0 saturated carbocycles. The second kappa shape index (κ2) is 7.25. The molecule has 3 rings (SSSR count). The van der Waals surface area contributed by atoms with E-state index in [1.54, 1.807) is 0 Å². The first-order valence-electron chi connectivity index (χ1n) is 7.65. The summed E-state index contributed by atoms with van der Waals surface area (Å²) < 4.78 is 5.90. The Hall–Kier alpha value is -1.84. The molecule has 0 spiro atoms. The molecule has 0 atom stereocenters. The van der Waals surface area contributed by atoms with Gasteiger partial charge in [-0.2, -0.15) is 0 Å². The third-order valence-corrected chi connectivity index (χ3v) is 3.72. The Morgan fingerprint density at radius 2 is 1.76 bits per heavy atom. The van der Waals surface area contributed by atoms with Crippen molar-refractivity contribution in [2.24, 2.45) is 0 Å². The standard InChI is InChI=1S/C18H22N2O/c1-2-7-17(8-3-1)21-18-9-4-6-16(14-18)15-20-12-5-10-19-11-13-20/h1-4,6-9,14,19H,5,10-13,15H2. The van der Waals surface area contributed by atoms with Gasteiger partial charge < -0.3 is 10.1 Å². The van der Waals surface area contributed by atoms with Gasteiger partial charge in [-0.15, -0.1) is 0 Å². The highest BCUT2D eigenvalue weighted by Gasteiger charge is 2.09. The smallest absolute Gasteiger partial charge is 0.127 e. The zero-order valence-corrected chi connectivity index (χ0v) is 12.3. The Kier molecular flexibility index (Phi) is 4.87. The van der Waals surface area contributed by atoms with Gasteiger partial charge in [0.25, 0.3) is 0 Å². The van der Waals surface area contributed by atoms with Crippen LogP contribution in [0, 0.1) is 0 Å². The van der Waals surface area contributed by atoms with Crippen molar-refractivity contribution in [3.63, 3.8) is 0 Å². The Labute approximate surface area is 126 Å². The summed E-state index contributed by atoms with van der Waals surface area (Å²) in [4.78, 5) is 2.50. The lowest BCUT2D eigenvalue weighted by Gasteiger charge is -2.19. The van der Waals surface area contributed by atoms with E-state index in [-0.39, 0.29) is 0 Å². The van der Waals surface area contributed by atoms with E-state index in [4.69, 9.17) is 4.74 Å². The molecule has 0 aliphatic carbocycles. The fraction of sp³-hybridized carbons (Fsp3) is 0.333. The predicted octanol–water partition coefficient (Wildman–Crippen LogP) is 3.27. The number of nitrogens with zero attached hydrogens (tertiary/aromatic N) is 1. The Bertz CT molecular complexity index is 548. The molecule has 3 nitrogen and oxygen atoms in total. The minimum Gasteiger partial charge on any atom is -0.457 e. The molecule has 1 saturated heterocycles. The highest BCUT2D eigenvalue weighted by molar-refractivity contribution is 5.33. The zero-order valence-electron chi connectivity index (χ0n) is 12.3. The lowest BCUT2D eigenvalue weighted by Crippen LogP contribution is -2.27. The molecule has 2 aromatic carbocycles. The highest BCUT2D eigenvalue weighted by Crippen LogP contribution is 2.22. The zero-order chi connectivity index (χ0) is 14.3. The maximum absolute atomic E-state index is 5.90. The Balaban J connectivity index is 1.65. The lowest BCUT2D eigenvalue weighted by atomic mass is 10.2. The van der Waals surface area contributed by atoms with Crippen LogP contribution in [-0.2, 0) is 6.54 Å². The molecule has 0 amide bonds. The highest BCUT2D eigenvalue weighted by atomic mass is 16.5. The van der Waals surface area contributed by atoms with Crippen LogP contribution in [0.4, 0.5) is 0 Å². The number of hydrogen-bond donors (Lipinski definition) is 1. The molecule has 1 aliphatic heterocycles. The van der Waals surface area contributed by atoms with Gasteiger partial charge >= 0.3 is 0 Å². The first kappa shape index (κ1) is 14.1. The molecule has 21 heavy (non-hydrogen) atoms. The first-order chi connectivity index (χ1) is 10.4. The van der Waals surface area contributed by atoms with Gasteiger partial charge in [-0.25, -0.2) is 0 Å². The number of benzene rings is 2. The molecule has 1 aliphatic rings. The van der Waals surface area contributed by atoms with Crippen molar-refractivity contribution in [2.45, 2.75) is 13.0 Å². The number of hydrogen-bond acceptors (Lipinski definition) is 3. The van der Waals surface area contributed by atoms with Crippen LogP contribution in [0.25, 0.3) is 0 Å². The van der Waals surface area contributed by atoms with E-state index >= 15 is 0 Å². The molecular formula is C18H22N2O. The molecule has 0 unspecified atom stereocenters. The average molecular weight is 282 g/mol. The summed E-state index contributed by atoms with van der Waals surface area (Å²) in [7, 11) is 0. The number of rotatable bonds is 4. The fourth-order valence-corrected chi connectivity index (χ4v) is 2.65. The minimum atomic E-state index is 0.883. The molecule has 1 fully saturated rings. The van der Waals surface area contributed by atoms with E-state index < -0.39 is 0 Å². The van der Waals surface area contributed by atoms with Crippen LogP contribution in [-0.4, -0.2) is 31.1 Å². The van der Waals surface area contributed by atoms with E-state index in [1.165, 1.54) is 12.0 Å². The minimum absolute atomic E-state index is 0.883. The fourth-order valence-electron chi connectivity index (χ4n) is 2.65. The van der Waals surface area contributed by atoms with Gasteiger partial charge in [-0.05, 0) is 49.3 Å². The monoisotopic (exact) mass is 282 g/mol. The van der Waals surface area contributed by atoms with Crippen molar-refractivity contribution >= 4 is 0 Å². The van der Waals surface area contributed by atoms with Crippen LogP contribution in [0.3, 0.4) is 0 Å².